The SMILES string of the molecule is O=C(CN1CCN(C(=O)c2cccc(Cl)c2)CC1)NC1CC1. The van der Waals surface area contributed by atoms with E-state index in [4.69, 9.17) is 11.6 Å². The van der Waals surface area contributed by atoms with Crippen molar-refractivity contribution in [2.75, 3.05) is 32.7 Å². The number of amides is 2. The lowest BCUT2D eigenvalue weighted by atomic mass is 10.2. The average molecular weight is 322 g/mol. The Morgan fingerprint density at radius 2 is 1.91 bits per heavy atom. The molecule has 1 aromatic rings. The number of rotatable bonds is 4. The van der Waals surface area contributed by atoms with Gasteiger partial charge in [0.05, 0.1) is 6.54 Å². The van der Waals surface area contributed by atoms with E-state index in [1.165, 1.54) is 0 Å². The molecule has 0 unspecified atom stereocenters. The van der Waals surface area contributed by atoms with Gasteiger partial charge in [0.15, 0.2) is 0 Å². The molecule has 1 heterocycles. The van der Waals surface area contributed by atoms with Gasteiger partial charge >= 0.3 is 0 Å². The third-order valence-electron chi connectivity index (χ3n) is 4.04. The average Bonchev–Trinajstić information content (AvgIpc) is 3.31. The maximum atomic E-state index is 12.4. The van der Waals surface area contributed by atoms with E-state index in [2.05, 4.69) is 10.2 Å². The molecule has 6 heteroatoms. The Labute approximate surface area is 135 Å². The zero-order valence-electron chi connectivity index (χ0n) is 12.4. The Morgan fingerprint density at radius 1 is 1.18 bits per heavy atom. The van der Waals surface area contributed by atoms with Crippen LogP contribution in [-0.2, 0) is 4.79 Å². The molecule has 2 aliphatic rings. The third kappa shape index (κ3) is 3.99. The van der Waals surface area contributed by atoms with Gasteiger partial charge in [-0.3, -0.25) is 14.5 Å². The lowest BCUT2D eigenvalue weighted by molar-refractivity contribution is -0.122. The van der Waals surface area contributed by atoms with Crippen molar-refractivity contribution >= 4 is 23.4 Å². The molecule has 0 aromatic heterocycles. The van der Waals surface area contributed by atoms with Crippen molar-refractivity contribution in [2.45, 2.75) is 18.9 Å². The number of benzene rings is 1. The summed E-state index contributed by atoms with van der Waals surface area (Å²) in [5.74, 6) is 0.0988. The minimum atomic E-state index is 0.00424. The molecule has 1 saturated heterocycles. The van der Waals surface area contributed by atoms with Crippen molar-refractivity contribution in [1.82, 2.24) is 15.1 Å². The van der Waals surface area contributed by atoms with Crippen LogP contribution in [0.4, 0.5) is 0 Å². The highest BCUT2D eigenvalue weighted by atomic mass is 35.5. The van der Waals surface area contributed by atoms with E-state index < -0.39 is 0 Å². The summed E-state index contributed by atoms with van der Waals surface area (Å²) in [5.41, 5.74) is 0.618. The van der Waals surface area contributed by atoms with Gasteiger partial charge in [-0.2, -0.15) is 0 Å². The molecule has 1 aromatic carbocycles. The fourth-order valence-corrected chi connectivity index (χ4v) is 2.81. The van der Waals surface area contributed by atoms with Gasteiger partial charge in [-0.1, -0.05) is 17.7 Å². The van der Waals surface area contributed by atoms with Crippen LogP contribution in [0.25, 0.3) is 0 Å². The van der Waals surface area contributed by atoms with Gasteiger partial charge < -0.3 is 10.2 Å². The molecule has 1 aliphatic heterocycles. The number of carbonyl (C=O) groups excluding carboxylic acids is 2. The van der Waals surface area contributed by atoms with Crippen molar-refractivity contribution in [3.63, 3.8) is 0 Å². The predicted molar refractivity (Wildman–Crippen MR) is 85.0 cm³/mol. The zero-order valence-corrected chi connectivity index (χ0v) is 13.2. The van der Waals surface area contributed by atoms with Crippen molar-refractivity contribution in [1.29, 1.82) is 0 Å². The molecule has 3 rings (SSSR count). The fraction of sp³-hybridized carbons (Fsp3) is 0.500. The summed E-state index contributed by atoms with van der Waals surface area (Å²) < 4.78 is 0. The molecular weight excluding hydrogens is 302 g/mol. The molecule has 0 radical (unpaired) electrons. The first-order chi connectivity index (χ1) is 10.6. The van der Waals surface area contributed by atoms with Crippen molar-refractivity contribution in [3.8, 4) is 0 Å². The summed E-state index contributed by atoms with van der Waals surface area (Å²) in [4.78, 5) is 28.1. The van der Waals surface area contributed by atoms with E-state index in [0.717, 1.165) is 25.9 Å². The number of carbonyl (C=O) groups is 2. The number of piperazine rings is 1. The van der Waals surface area contributed by atoms with Crippen molar-refractivity contribution in [3.05, 3.63) is 34.9 Å². The van der Waals surface area contributed by atoms with Crippen molar-refractivity contribution in [2.24, 2.45) is 0 Å². The van der Waals surface area contributed by atoms with Gasteiger partial charge in [0.2, 0.25) is 5.91 Å². The summed E-state index contributed by atoms with van der Waals surface area (Å²) in [5, 5.41) is 3.56. The van der Waals surface area contributed by atoms with Crippen LogP contribution in [-0.4, -0.2) is 60.4 Å². The molecule has 5 nitrogen and oxygen atoms in total. The van der Waals surface area contributed by atoms with Gasteiger partial charge in [-0.25, -0.2) is 0 Å². The molecule has 1 N–H and O–H groups in total. The van der Waals surface area contributed by atoms with Crippen LogP contribution in [0.3, 0.4) is 0 Å². The van der Waals surface area contributed by atoms with Gasteiger partial charge in [-0.15, -0.1) is 0 Å². The number of hydrogen-bond donors (Lipinski definition) is 1. The Kier molecular flexibility index (Phi) is 4.64. The van der Waals surface area contributed by atoms with Crippen LogP contribution < -0.4 is 5.32 Å². The van der Waals surface area contributed by atoms with Crippen LogP contribution in [0.5, 0.6) is 0 Å². The maximum Gasteiger partial charge on any atom is 0.253 e. The van der Waals surface area contributed by atoms with Gasteiger partial charge in [-0.05, 0) is 31.0 Å². The van der Waals surface area contributed by atoms with Gasteiger partial charge in [0, 0.05) is 42.8 Å². The lowest BCUT2D eigenvalue weighted by Crippen LogP contribution is -2.51. The van der Waals surface area contributed by atoms with Crippen LogP contribution in [0.1, 0.15) is 23.2 Å². The van der Waals surface area contributed by atoms with Crippen LogP contribution in [0.2, 0.25) is 5.02 Å². The second kappa shape index (κ2) is 6.67. The summed E-state index contributed by atoms with van der Waals surface area (Å²) in [6.07, 6.45) is 2.21. The molecule has 22 heavy (non-hydrogen) atoms. The van der Waals surface area contributed by atoms with E-state index in [1.54, 1.807) is 24.3 Å². The fourth-order valence-electron chi connectivity index (χ4n) is 2.62. The quantitative estimate of drug-likeness (QED) is 0.911. The Balaban J connectivity index is 1.48. The molecule has 0 spiro atoms. The zero-order chi connectivity index (χ0) is 15.5. The smallest absolute Gasteiger partial charge is 0.253 e. The van der Waals surface area contributed by atoms with E-state index >= 15 is 0 Å². The minimum absolute atomic E-state index is 0.00424. The van der Waals surface area contributed by atoms with E-state index in [-0.39, 0.29) is 11.8 Å². The second-order valence-electron chi connectivity index (χ2n) is 5.92. The van der Waals surface area contributed by atoms with E-state index in [0.29, 0.717) is 36.3 Å². The van der Waals surface area contributed by atoms with E-state index in [9.17, 15) is 9.59 Å². The molecular formula is C16H20ClN3O2. The highest BCUT2D eigenvalue weighted by molar-refractivity contribution is 6.30. The molecule has 1 aliphatic carbocycles. The number of nitrogens with zero attached hydrogens (tertiary/aromatic N) is 2. The molecule has 0 atom stereocenters. The standard InChI is InChI=1S/C16H20ClN3O2/c17-13-3-1-2-12(10-13)16(22)20-8-6-19(7-9-20)11-15(21)18-14-4-5-14/h1-3,10,14H,4-9,11H2,(H,18,21). The number of hydrogen-bond acceptors (Lipinski definition) is 3. The summed E-state index contributed by atoms with van der Waals surface area (Å²) in [6.45, 7) is 3.16. The second-order valence-corrected chi connectivity index (χ2v) is 6.36. The first-order valence-corrected chi connectivity index (χ1v) is 8.06. The number of halogens is 1. The Hall–Kier alpha value is -1.59. The van der Waals surface area contributed by atoms with Crippen molar-refractivity contribution < 1.29 is 9.59 Å². The first kappa shape index (κ1) is 15.3. The van der Waals surface area contributed by atoms with Gasteiger partial charge in [0.1, 0.15) is 0 Å². The van der Waals surface area contributed by atoms with Crippen LogP contribution >= 0.6 is 11.6 Å². The molecule has 0 bridgehead atoms. The summed E-state index contributed by atoms with van der Waals surface area (Å²) >= 11 is 5.93. The highest BCUT2D eigenvalue weighted by Gasteiger charge is 2.26. The number of nitrogens with one attached hydrogen (secondary N) is 1. The summed E-state index contributed by atoms with van der Waals surface area (Å²) in [7, 11) is 0. The molecule has 2 amide bonds. The Bertz CT molecular complexity index is 566. The monoisotopic (exact) mass is 321 g/mol. The predicted octanol–water partition coefficient (Wildman–Crippen LogP) is 1.38. The minimum Gasteiger partial charge on any atom is -0.352 e. The first-order valence-electron chi connectivity index (χ1n) is 7.68. The lowest BCUT2D eigenvalue weighted by Gasteiger charge is -2.34. The summed E-state index contributed by atoms with van der Waals surface area (Å²) in [6, 6.07) is 7.42. The van der Waals surface area contributed by atoms with Crippen LogP contribution in [0, 0.1) is 0 Å². The van der Waals surface area contributed by atoms with Crippen LogP contribution in [0.15, 0.2) is 24.3 Å². The topological polar surface area (TPSA) is 52.7 Å². The maximum absolute atomic E-state index is 12.4. The largest absolute Gasteiger partial charge is 0.352 e. The highest BCUT2D eigenvalue weighted by Crippen LogP contribution is 2.18. The Morgan fingerprint density at radius 3 is 2.55 bits per heavy atom. The normalized spacial score (nSPS) is 19.0. The van der Waals surface area contributed by atoms with Gasteiger partial charge in [0.25, 0.3) is 5.91 Å². The molecule has 1 saturated carbocycles. The molecule has 2 fully saturated rings. The van der Waals surface area contributed by atoms with E-state index in [1.807, 2.05) is 4.90 Å². The third-order valence-corrected chi connectivity index (χ3v) is 4.28. The molecule has 118 valence electrons.